The smallest absolute Gasteiger partial charge is 0.224 e. The highest BCUT2D eigenvalue weighted by Gasteiger charge is 1.98. The van der Waals surface area contributed by atoms with Crippen LogP contribution >= 0.6 is 22.9 Å². The number of nitrogens with zero attached hydrogens (tertiary/aromatic N) is 3. The molecule has 0 amide bonds. The molecule has 2 aromatic heterocycles. The quantitative estimate of drug-likeness (QED) is 0.563. The van der Waals surface area contributed by atoms with Crippen molar-refractivity contribution in [3.63, 3.8) is 0 Å². The van der Waals surface area contributed by atoms with E-state index in [0.717, 1.165) is 4.70 Å². The Kier molecular flexibility index (Phi) is 1.28. The largest absolute Gasteiger partial charge is 0.225 e. The van der Waals surface area contributed by atoms with E-state index >= 15 is 0 Å². The van der Waals surface area contributed by atoms with E-state index in [2.05, 4.69) is 20.5 Å². The van der Waals surface area contributed by atoms with Gasteiger partial charge in [-0.15, -0.1) is 11.3 Å². The number of rotatable bonds is 0. The van der Waals surface area contributed by atoms with Gasteiger partial charge in [-0.05, 0) is 11.6 Å². The summed E-state index contributed by atoms with van der Waals surface area (Å²) in [6.45, 7) is 0. The Balaban J connectivity index is 2.86. The summed E-state index contributed by atoms with van der Waals surface area (Å²) in [5, 5.41) is 0.229. The number of hydrogen-bond acceptors (Lipinski definition) is 4. The van der Waals surface area contributed by atoms with E-state index in [0.29, 0.717) is 5.65 Å². The summed E-state index contributed by atoms with van der Waals surface area (Å²) in [5.74, 6) is 0. The van der Waals surface area contributed by atoms with Gasteiger partial charge in [-0.1, -0.05) is 0 Å². The summed E-state index contributed by atoms with van der Waals surface area (Å²) in [4.78, 5) is 11.5. The Bertz CT molecular complexity index is 358. The summed E-state index contributed by atoms with van der Waals surface area (Å²) in [5.41, 5.74) is 3.31. The van der Waals surface area contributed by atoms with E-state index in [9.17, 15) is 0 Å². The predicted molar refractivity (Wildman–Crippen MR) is 39.1 cm³/mol. The van der Waals surface area contributed by atoms with Crippen molar-refractivity contribution in [1.82, 2.24) is 15.0 Å². The molecule has 0 aliphatic heterocycles. The van der Waals surface area contributed by atoms with Gasteiger partial charge in [0, 0.05) is 0 Å². The molecule has 0 N–H and O–H groups in total. The van der Waals surface area contributed by atoms with Crippen molar-refractivity contribution in [2.24, 2.45) is 0 Å². The molecule has 0 aliphatic rings. The third-order valence-electron chi connectivity index (χ3n) is 1.01. The number of aromatic nitrogens is 3. The molecule has 0 fully saturated rings. The van der Waals surface area contributed by atoms with Crippen LogP contribution in [0.4, 0.5) is 0 Å². The zero-order chi connectivity index (χ0) is 6.97. The molecule has 1 radical (unpaired) electrons. The lowest BCUT2D eigenvalue weighted by Crippen LogP contribution is -1.80. The van der Waals surface area contributed by atoms with Gasteiger partial charge in [-0.3, -0.25) is 0 Å². The molecule has 0 saturated heterocycles. The maximum absolute atomic E-state index is 5.50. The second kappa shape index (κ2) is 2.14. The molecule has 10 heavy (non-hydrogen) atoms. The van der Waals surface area contributed by atoms with Crippen molar-refractivity contribution in [2.45, 2.75) is 0 Å². The zero-order valence-corrected chi connectivity index (χ0v) is 6.28. The molecule has 0 bridgehead atoms. The van der Waals surface area contributed by atoms with Crippen LogP contribution in [0.25, 0.3) is 10.3 Å². The topological polar surface area (TPSA) is 38.7 Å². The van der Waals surface area contributed by atoms with Crippen molar-refractivity contribution in [3.05, 3.63) is 17.0 Å². The van der Waals surface area contributed by atoms with Crippen LogP contribution in [-0.2, 0) is 0 Å². The van der Waals surface area contributed by atoms with E-state index in [4.69, 9.17) is 11.6 Å². The third kappa shape index (κ3) is 0.853. The van der Waals surface area contributed by atoms with Gasteiger partial charge in [0.05, 0.1) is 10.9 Å². The summed E-state index contributed by atoms with van der Waals surface area (Å²) in [6.07, 6.45) is 1.64. The van der Waals surface area contributed by atoms with Crippen LogP contribution in [0.5, 0.6) is 0 Å². The second-order valence-corrected chi connectivity index (χ2v) is 2.80. The lowest BCUT2D eigenvalue weighted by atomic mass is 10.6. The summed E-state index contributed by atoms with van der Waals surface area (Å²) < 4.78 is 0.907. The first kappa shape index (κ1) is 6.00. The minimum Gasteiger partial charge on any atom is -0.225 e. The highest BCUT2D eigenvalue weighted by molar-refractivity contribution is 7.16. The number of hydrogen-bond donors (Lipinski definition) is 0. The van der Waals surface area contributed by atoms with Crippen molar-refractivity contribution in [3.8, 4) is 0 Å². The Morgan fingerprint density at radius 3 is 3.40 bits per heavy atom. The lowest BCUT2D eigenvalue weighted by molar-refractivity contribution is 1.20. The Hall–Kier alpha value is -0.740. The molecule has 2 heterocycles. The molecule has 0 saturated carbocycles. The van der Waals surface area contributed by atoms with Gasteiger partial charge in [0.25, 0.3) is 0 Å². The Labute approximate surface area is 65.7 Å². The molecule has 49 valence electrons. The summed E-state index contributed by atoms with van der Waals surface area (Å²) >= 11 is 6.88. The monoisotopic (exact) mass is 170 g/mol. The SMILES string of the molecule is Clc1ncc2s[c]nc2n1. The first-order chi connectivity index (χ1) is 4.86. The fourth-order valence-corrected chi connectivity index (χ4v) is 1.26. The van der Waals surface area contributed by atoms with E-state index in [1.54, 1.807) is 6.20 Å². The predicted octanol–water partition coefficient (Wildman–Crippen LogP) is 1.54. The highest BCUT2D eigenvalue weighted by Crippen LogP contribution is 2.14. The van der Waals surface area contributed by atoms with E-state index in [1.165, 1.54) is 11.3 Å². The fourth-order valence-electron chi connectivity index (χ4n) is 0.608. The highest BCUT2D eigenvalue weighted by atomic mass is 35.5. The second-order valence-electron chi connectivity index (χ2n) is 1.63. The van der Waals surface area contributed by atoms with Crippen molar-refractivity contribution < 1.29 is 0 Å². The number of thiazole rings is 1. The molecular weight excluding hydrogens is 170 g/mol. The Morgan fingerprint density at radius 1 is 1.60 bits per heavy atom. The van der Waals surface area contributed by atoms with Crippen LogP contribution in [0.1, 0.15) is 0 Å². The van der Waals surface area contributed by atoms with E-state index in [1.807, 2.05) is 0 Å². The van der Waals surface area contributed by atoms with Crippen LogP contribution in [0.15, 0.2) is 6.20 Å². The third-order valence-corrected chi connectivity index (χ3v) is 1.89. The van der Waals surface area contributed by atoms with Crippen LogP contribution in [0, 0.1) is 5.51 Å². The van der Waals surface area contributed by atoms with Gasteiger partial charge in [-0.25, -0.2) is 9.97 Å². The first-order valence-electron chi connectivity index (χ1n) is 2.51. The molecule has 3 nitrogen and oxygen atoms in total. The average Bonchev–Trinajstić information content (AvgIpc) is 2.33. The van der Waals surface area contributed by atoms with Gasteiger partial charge in [-0.2, -0.15) is 4.98 Å². The number of fused-ring (bicyclic) bond motifs is 1. The lowest BCUT2D eigenvalue weighted by Gasteiger charge is -1.84. The zero-order valence-electron chi connectivity index (χ0n) is 4.71. The van der Waals surface area contributed by atoms with Crippen molar-refractivity contribution >= 4 is 33.3 Å². The first-order valence-corrected chi connectivity index (χ1v) is 3.71. The molecule has 5 heteroatoms. The molecular formula is C5HClN3S. The minimum atomic E-state index is 0.229. The maximum Gasteiger partial charge on any atom is 0.224 e. The fraction of sp³-hybridized carbons (Fsp3) is 0. The number of halogens is 1. The van der Waals surface area contributed by atoms with Gasteiger partial charge in [0.15, 0.2) is 11.2 Å². The normalized spacial score (nSPS) is 10.5. The Morgan fingerprint density at radius 2 is 2.50 bits per heavy atom. The van der Waals surface area contributed by atoms with Crippen LogP contribution in [0.3, 0.4) is 0 Å². The van der Waals surface area contributed by atoms with Gasteiger partial charge < -0.3 is 0 Å². The molecule has 2 rings (SSSR count). The summed E-state index contributed by atoms with van der Waals surface area (Å²) in [6, 6.07) is 0. The van der Waals surface area contributed by atoms with Crippen molar-refractivity contribution in [1.29, 1.82) is 0 Å². The van der Waals surface area contributed by atoms with Gasteiger partial charge >= 0.3 is 0 Å². The molecule has 2 aromatic rings. The average molecular weight is 171 g/mol. The molecule has 0 aromatic carbocycles. The van der Waals surface area contributed by atoms with E-state index < -0.39 is 0 Å². The van der Waals surface area contributed by atoms with Crippen molar-refractivity contribution in [2.75, 3.05) is 0 Å². The molecule has 0 atom stereocenters. The van der Waals surface area contributed by atoms with Crippen LogP contribution in [0.2, 0.25) is 5.28 Å². The van der Waals surface area contributed by atoms with Gasteiger partial charge in [0.2, 0.25) is 5.28 Å². The molecule has 0 unspecified atom stereocenters. The maximum atomic E-state index is 5.50. The minimum absolute atomic E-state index is 0.229. The van der Waals surface area contributed by atoms with Gasteiger partial charge in [0.1, 0.15) is 0 Å². The molecule has 0 spiro atoms. The van der Waals surface area contributed by atoms with Crippen LogP contribution < -0.4 is 0 Å². The standard InChI is InChI=1S/C5HClN3S/c6-5-7-1-3-4(9-5)8-2-10-3/h1H. The molecule has 0 aliphatic carbocycles. The van der Waals surface area contributed by atoms with E-state index in [-0.39, 0.29) is 5.28 Å². The van der Waals surface area contributed by atoms with Crippen LogP contribution in [-0.4, -0.2) is 15.0 Å². The summed E-state index contributed by atoms with van der Waals surface area (Å²) in [7, 11) is 0.